The van der Waals surface area contributed by atoms with Crippen LogP contribution in [0.1, 0.15) is 17.8 Å². The van der Waals surface area contributed by atoms with Crippen LogP contribution in [0.3, 0.4) is 0 Å². The van der Waals surface area contributed by atoms with Crippen LogP contribution in [0.5, 0.6) is 0 Å². The largest absolute Gasteiger partial charge is 0.396 e. The molecule has 0 aliphatic carbocycles. The molecule has 0 aliphatic heterocycles. The Labute approximate surface area is 83.4 Å². The van der Waals surface area contributed by atoms with Crippen molar-refractivity contribution in [3.05, 3.63) is 11.7 Å². The predicted octanol–water partition coefficient (Wildman–Crippen LogP) is 0.821. The van der Waals surface area contributed by atoms with Crippen LogP contribution in [-0.4, -0.2) is 30.0 Å². The van der Waals surface area contributed by atoms with Gasteiger partial charge >= 0.3 is 6.18 Å². The molecule has 5 nitrogen and oxygen atoms in total. The van der Waals surface area contributed by atoms with Crippen molar-refractivity contribution in [1.82, 2.24) is 10.1 Å². The fraction of sp³-hybridized carbons (Fsp3) is 0.714. The maximum absolute atomic E-state index is 11.9. The highest BCUT2D eigenvalue weighted by molar-refractivity contribution is 4.92. The summed E-state index contributed by atoms with van der Waals surface area (Å²) < 4.78 is 45.2. The molecule has 1 heterocycles. The molecule has 1 unspecified atom stereocenters. The molecular weight excluding hydrogens is 215 g/mol. The number of hydrogen-bond acceptors (Lipinski definition) is 5. The molecular formula is C7H10F3N3O2. The lowest BCUT2D eigenvalue weighted by Crippen LogP contribution is -2.15. The second kappa shape index (κ2) is 4.58. The first kappa shape index (κ1) is 11.9. The minimum Gasteiger partial charge on any atom is -0.370 e. The number of ether oxygens (including phenoxy) is 1. The third kappa shape index (κ3) is 3.48. The van der Waals surface area contributed by atoms with E-state index < -0.39 is 24.5 Å². The van der Waals surface area contributed by atoms with Gasteiger partial charge in [0.1, 0.15) is 12.5 Å². The van der Waals surface area contributed by atoms with E-state index in [0.717, 1.165) is 0 Å². The number of halogens is 3. The molecule has 1 aromatic rings. The fourth-order valence-electron chi connectivity index (χ4n) is 0.947. The Morgan fingerprint density at radius 3 is 2.67 bits per heavy atom. The average molecular weight is 225 g/mol. The minimum atomic E-state index is -4.35. The van der Waals surface area contributed by atoms with Crippen LogP contribution in [0.15, 0.2) is 4.52 Å². The van der Waals surface area contributed by atoms with E-state index in [9.17, 15) is 13.2 Å². The molecule has 0 bridgehead atoms. The second-order valence-electron chi connectivity index (χ2n) is 2.80. The van der Waals surface area contributed by atoms with Crippen molar-refractivity contribution in [3.63, 3.8) is 0 Å². The van der Waals surface area contributed by atoms with Crippen LogP contribution in [-0.2, 0) is 11.2 Å². The summed E-state index contributed by atoms with van der Waals surface area (Å²) in [6.45, 7) is 0.0597. The van der Waals surface area contributed by atoms with E-state index in [4.69, 9.17) is 10.5 Å². The minimum absolute atomic E-state index is 0.0424. The lowest BCUT2D eigenvalue weighted by Gasteiger charge is -2.05. The Morgan fingerprint density at radius 2 is 2.20 bits per heavy atom. The predicted molar refractivity (Wildman–Crippen MR) is 42.9 cm³/mol. The monoisotopic (exact) mass is 225 g/mol. The zero-order valence-electron chi connectivity index (χ0n) is 7.91. The summed E-state index contributed by atoms with van der Waals surface area (Å²) in [5.41, 5.74) is 5.28. The summed E-state index contributed by atoms with van der Waals surface area (Å²) >= 11 is 0. The molecule has 1 aromatic heterocycles. The van der Waals surface area contributed by atoms with E-state index in [1.54, 1.807) is 0 Å². The van der Waals surface area contributed by atoms with Crippen LogP contribution in [0.4, 0.5) is 13.2 Å². The second-order valence-corrected chi connectivity index (χ2v) is 2.80. The van der Waals surface area contributed by atoms with Gasteiger partial charge in [0.2, 0.25) is 0 Å². The molecule has 0 amide bonds. The highest BCUT2D eigenvalue weighted by atomic mass is 19.4. The Bertz CT molecular complexity index is 309. The Morgan fingerprint density at radius 1 is 1.53 bits per heavy atom. The number of methoxy groups -OCH3 is 1. The molecule has 86 valence electrons. The summed E-state index contributed by atoms with van der Waals surface area (Å²) in [6.07, 6.45) is -6.25. The first-order valence-corrected chi connectivity index (χ1v) is 4.08. The third-order valence-corrected chi connectivity index (χ3v) is 1.62. The molecule has 0 aromatic carbocycles. The molecule has 0 spiro atoms. The van der Waals surface area contributed by atoms with E-state index in [1.165, 1.54) is 7.11 Å². The van der Waals surface area contributed by atoms with Crippen molar-refractivity contribution in [1.29, 1.82) is 0 Å². The maximum Gasteiger partial charge on any atom is 0.396 e. The van der Waals surface area contributed by atoms with Gasteiger partial charge in [0.05, 0.1) is 0 Å². The zero-order valence-corrected chi connectivity index (χ0v) is 7.91. The first-order valence-electron chi connectivity index (χ1n) is 4.08. The summed E-state index contributed by atoms with van der Waals surface area (Å²) in [6, 6.07) is 0. The molecule has 0 saturated heterocycles. The number of alkyl halides is 3. The molecule has 0 fully saturated rings. The number of nitrogens with two attached hydrogens (primary N) is 1. The van der Waals surface area contributed by atoms with Gasteiger partial charge in [-0.15, -0.1) is 0 Å². The molecule has 2 N–H and O–H groups in total. The normalized spacial score (nSPS) is 14.2. The average Bonchev–Trinajstić information content (AvgIpc) is 2.52. The molecule has 0 radical (unpaired) electrons. The zero-order chi connectivity index (χ0) is 11.5. The van der Waals surface area contributed by atoms with E-state index in [-0.39, 0.29) is 12.4 Å². The SMILES string of the molecule is COC(CN)c1nc(CC(F)(F)F)no1. The van der Waals surface area contributed by atoms with Crippen LogP contribution in [0.2, 0.25) is 0 Å². The van der Waals surface area contributed by atoms with E-state index in [0.29, 0.717) is 0 Å². The van der Waals surface area contributed by atoms with Crippen molar-refractivity contribution in [2.75, 3.05) is 13.7 Å². The summed E-state index contributed by atoms with van der Waals surface area (Å²) in [5, 5.41) is 3.18. The van der Waals surface area contributed by atoms with Gasteiger partial charge in [-0.25, -0.2) is 0 Å². The number of rotatable bonds is 4. The van der Waals surface area contributed by atoms with Crippen molar-refractivity contribution in [3.8, 4) is 0 Å². The van der Waals surface area contributed by atoms with Crippen molar-refractivity contribution < 1.29 is 22.4 Å². The fourth-order valence-corrected chi connectivity index (χ4v) is 0.947. The van der Waals surface area contributed by atoms with Gasteiger partial charge in [0.15, 0.2) is 5.82 Å². The van der Waals surface area contributed by atoms with E-state index in [1.807, 2.05) is 0 Å². The van der Waals surface area contributed by atoms with Crippen LogP contribution < -0.4 is 5.73 Å². The van der Waals surface area contributed by atoms with Crippen LogP contribution >= 0.6 is 0 Å². The van der Waals surface area contributed by atoms with Gasteiger partial charge in [-0.2, -0.15) is 18.2 Å². The lowest BCUT2D eigenvalue weighted by atomic mass is 10.3. The topological polar surface area (TPSA) is 74.2 Å². The summed E-state index contributed by atoms with van der Waals surface area (Å²) in [4.78, 5) is 3.53. The molecule has 1 atom stereocenters. The molecule has 0 aliphatic rings. The standard InChI is InChI=1S/C7H10F3N3O2/c1-14-4(3-11)6-12-5(13-15-6)2-7(8,9)10/h4H,2-3,11H2,1H3. The molecule has 15 heavy (non-hydrogen) atoms. The van der Waals surface area contributed by atoms with Crippen LogP contribution in [0, 0.1) is 0 Å². The van der Waals surface area contributed by atoms with E-state index in [2.05, 4.69) is 14.7 Å². The number of hydrogen-bond donors (Lipinski definition) is 1. The highest BCUT2D eigenvalue weighted by Crippen LogP contribution is 2.21. The number of nitrogens with zero attached hydrogens (tertiary/aromatic N) is 2. The third-order valence-electron chi connectivity index (χ3n) is 1.62. The Kier molecular flexibility index (Phi) is 3.64. The van der Waals surface area contributed by atoms with Crippen molar-refractivity contribution in [2.24, 2.45) is 5.73 Å². The smallest absolute Gasteiger partial charge is 0.370 e. The van der Waals surface area contributed by atoms with Crippen molar-refractivity contribution >= 4 is 0 Å². The van der Waals surface area contributed by atoms with E-state index >= 15 is 0 Å². The van der Waals surface area contributed by atoms with Crippen molar-refractivity contribution in [2.45, 2.75) is 18.7 Å². The maximum atomic E-state index is 11.9. The quantitative estimate of drug-likeness (QED) is 0.821. The first-order chi connectivity index (χ1) is 6.96. The number of aromatic nitrogens is 2. The summed E-state index contributed by atoms with van der Waals surface area (Å²) in [7, 11) is 1.35. The van der Waals surface area contributed by atoms with Gasteiger partial charge in [0.25, 0.3) is 5.89 Å². The lowest BCUT2D eigenvalue weighted by molar-refractivity contribution is -0.128. The van der Waals surface area contributed by atoms with Gasteiger partial charge in [0, 0.05) is 13.7 Å². The Hall–Kier alpha value is -1.15. The van der Waals surface area contributed by atoms with Crippen LogP contribution in [0.25, 0.3) is 0 Å². The Balaban J connectivity index is 2.71. The molecule has 8 heteroatoms. The highest BCUT2D eigenvalue weighted by Gasteiger charge is 2.31. The van der Waals surface area contributed by atoms with Gasteiger partial charge in [-0.1, -0.05) is 5.16 Å². The van der Waals surface area contributed by atoms with Gasteiger partial charge < -0.3 is 15.0 Å². The molecule has 0 saturated carbocycles. The van der Waals surface area contributed by atoms with Gasteiger partial charge in [-0.3, -0.25) is 0 Å². The summed E-state index contributed by atoms with van der Waals surface area (Å²) in [5.74, 6) is -0.466. The molecule has 1 rings (SSSR count). The van der Waals surface area contributed by atoms with Gasteiger partial charge in [-0.05, 0) is 0 Å².